The summed E-state index contributed by atoms with van der Waals surface area (Å²) < 4.78 is 22.0. The number of aliphatic hydroxyl groups is 1. The lowest BCUT2D eigenvalue weighted by atomic mass is 9.96. The number of aliphatic hydroxyl groups excluding tert-OH is 1. The quantitative estimate of drug-likeness (QED) is 0.615. The summed E-state index contributed by atoms with van der Waals surface area (Å²) >= 11 is 0. The van der Waals surface area contributed by atoms with Gasteiger partial charge in [0.25, 0.3) is 0 Å². The third-order valence-corrected chi connectivity index (χ3v) is 4.95. The number of carbonyl (C=O) groups excluding carboxylic acids is 3. The van der Waals surface area contributed by atoms with E-state index in [1.165, 1.54) is 14.0 Å². The van der Waals surface area contributed by atoms with E-state index in [-0.39, 0.29) is 12.2 Å². The summed E-state index contributed by atoms with van der Waals surface area (Å²) in [4.78, 5) is 36.6. The summed E-state index contributed by atoms with van der Waals surface area (Å²) in [6.07, 6.45) is -4.53. The number of hydrogen-bond donors (Lipinski definition) is 2. The van der Waals surface area contributed by atoms with E-state index in [0.29, 0.717) is 5.56 Å². The van der Waals surface area contributed by atoms with Crippen molar-refractivity contribution in [1.29, 1.82) is 0 Å². The zero-order chi connectivity index (χ0) is 23.1. The number of methoxy groups -OCH3 is 1. The number of rotatable bonds is 7. The topological polar surface area (TPSA) is 120 Å². The van der Waals surface area contributed by atoms with E-state index in [4.69, 9.17) is 18.9 Å². The third-order valence-electron chi connectivity index (χ3n) is 4.95. The van der Waals surface area contributed by atoms with Crippen molar-refractivity contribution in [2.24, 2.45) is 0 Å². The SMILES string of the molecule is CO[C@H]1[C@H](OC(=O)c2ccccc2)[C@@H](NC(C)=O)[C@@H](O)O[C@@H]1COC(=O)c1ccccc1. The summed E-state index contributed by atoms with van der Waals surface area (Å²) in [6, 6.07) is 15.6. The molecule has 1 heterocycles. The highest BCUT2D eigenvalue weighted by atomic mass is 16.7. The number of nitrogens with one attached hydrogen (secondary N) is 1. The van der Waals surface area contributed by atoms with Crippen molar-refractivity contribution in [3.05, 3.63) is 71.8 Å². The van der Waals surface area contributed by atoms with Crippen LogP contribution in [0.3, 0.4) is 0 Å². The third kappa shape index (κ3) is 5.70. The average molecular weight is 443 g/mol. The van der Waals surface area contributed by atoms with Gasteiger partial charge in [-0.2, -0.15) is 0 Å². The van der Waals surface area contributed by atoms with Gasteiger partial charge in [0.05, 0.1) is 11.1 Å². The first-order chi connectivity index (χ1) is 15.4. The summed E-state index contributed by atoms with van der Waals surface area (Å²) in [5, 5.41) is 13.0. The van der Waals surface area contributed by atoms with Crippen molar-refractivity contribution in [3.8, 4) is 0 Å². The van der Waals surface area contributed by atoms with Gasteiger partial charge in [-0.05, 0) is 24.3 Å². The van der Waals surface area contributed by atoms with E-state index < -0.39 is 48.5 Å². The van der Waals surface area contributed by atoms with Crippen LogP contribution in [0.1, 0.15) is 27.6 Å². The molecule has 9 heteroatoms. The van der Waals surface area contributed by atoms with Crippen LogP contribution >= 0.6 is 0 Å². The number of esters is 2. The summed E-state index contributed by atoms with van der Waals surface area (Å²) in [5.74, 6) is -1.70. The average Bonchev–Trinajstić information content (AvgIpc) is 2.80. The molecule has 9 nitrogen and oxygen atoms in total. The molecular formula is C23H25NO8. The van der Waals surface area contributed by atoms with E-state index >= 15 is 0 Å². The van der Waals surface area contributed by atoms with Crippen LogP contribution in [0.4, 0.5) is 0 Å². The standard InChI is InChI=1S/C23H25NO8/c1-14(25)24-18-20(32-22(27)16-11-7-4-8-12-16)19(29-2)17(31-23(18)28)13-30-21(26)15-9-5-3-6-10-15/h3-12,17-20,23,28H,13H2,1-2H3,(H,24,25)/t17-,18-,19-,20-,23+/m1/s1. The number of ether oxygens (including phenoxy) is 4. The number of carbonyl (C=O) groups is 3. The molecule has 5 atom stereocenters. The van der Waals surface area contributed by atoms with Gasteiger partial charge < -0.3 is 29.4 Å². The smallest absolute Gasteiger partial charge is 0.338 e. The maximum atomic E-state index is 12.7. The maximum absolute atomic E-state index is 12.7. The minimum absolute atomic E-state index is 0.268. The second-order valence-corrected chi connectivity index (χ2v) is 7.19. The van der Waals surface area contributed by atoms with Gasteiger partial charge in [0.1, 0.15) is 24.9 Å². The molecule has 1 aliphatic heterocycles. The van der Waals surface area contributed by atoms with Crippen molar-refractivity contribution in [2.45, 2.75) is 37.6 Å². The Morgan fingerprint density at radius 3 is 2.03 bits per heavy atom. The van der Waals surface area contributed by atoms with E-state index in [0.717, 1.165) is 0 Å². The molecule has 0 unspecified atom stereocenters. The molecule has 1 amide bonds. The van der Waals surface area contributed by atoms with Crippen LogP contribution in [0, 0.1) is 0 Å². The summed E-state index contributed by atoms with van der Waals surface area (Å²) in [5.41, 5.74) is 0.637. The molecule has 0 radical (unpaired) electrons. The second kappa shape index (κ2) is 10.9. The Kier molecular flexibility index (Phi) is 7.93. The Bertz CT molecular complexity index is 920. The van der Waals surface area contributed by atoms with E-state index in [1.54, 1.807) is 60.7 Å². The molecule has 32 heavy (non-hydrogen) atoms. The molecule has 2 N–H and O–H groups in total. The molecule has 0 spiro atoms. The minimum atomic E-state index is -1.53. The fourth-order valence-corrected chi connectivity index (χ4v) is 3.45. The lowest BCUT2D eigenvalue weighted by Crippen LogP contribution is -2.65. The predicted octanol–water partition coefficient (Wildman–Crippen LogP) is 1.31. The number of amides is 1. The van der Waals surface area contributed by atoms with Gasteiger partial charge in [-0.1, -0.05) is 36.4 Å². The van der Waals surface area contributed by atoms with Gasteiger partial charge in [0.15, 0.2) is 12.4 Å². The lowest BCUT2D eigenvalue weighted by Gasteiger charge is -2.43. The first-order valence-corrected chi connectivity index (χ1v) is 10.0. The first kappa shape index (κ1) is 23.4. The van der Waals surface area contributed by atoms with Gasteiger partial charge >= 0.3 is 11.9 Å². The Morgan fingerprint density at radius 2 is 1.50 bits per heavy atom. The highest BCUT2D eigenvalue weighted by Gasteiger charge is 2.49. The van der Waals surface area contributed by atoms with Gasteiger partial charge in [-0.3, -0.25) is 4.79 Å². The Hall–Kier alpha value is -3.27. The zero-order valence-electron chi connectivity index (χ0n) is 17.7. The van der Waals surface area contributed by atoms with Crippen molar-refractivity contribution < 1.29 is 38.4 Å². The number of benzene rings is 2. The molecule has 0 aliphatic carbocycles. The molecule has 1 fully saturated rings. The largest absolute Gasteiger partial charge is 0.459 e. The van der Waals surface area contributed by atoms with Crippen LogP contribution in [-0.4, -0.2) is 67.3 Å². The molecule has 2 aromatic rings. The maximum Gasteiger partial charge on any atom is 0.338 e. The summed E-state index contributed by atoms with van der Waals surface area (Å²) in [7, 11) is 1.37. The van der Waals surface area contributed by atoms with Crippen LogP contribution in [-0.2, 0) is 23.7 Å². The van der Waals surface area contributed by atoms with Gasteiger partial charge in [-0.15, -0.1) is 0 Å². The fraction of sp³-hybridized carbons (Fsp3) is 0.348. The molecule has 170 valence electrons. The van der Waals surface area contributed by atoms with Crippen molar-refractivity contribution in [2.75, 3.05) is 13.7 Å². The fourth-order valence-electron chi connectivity index (χ4n) is 3.45. The molecule has 0 saturated carbocycles. The predicted molar refractivity (Wildman–Crippen MR) is 112 cm³/mol. The normalized spacial score (nSPS) is 24.9. The van der Waals surface area contributed by atoms with Crippen LogP contribution < -0.4 is 5.32 Å². The zero-order valence-corrected chi connectivity index (χ0v) is 17.7. The highest BCUT2D eigenvalue weighted by Crippen LogP contribution is 2.26. The van der Waals surface area contributed by atoms with Crippen molar-refractivity contribution in [3.63, 3.8) is 0 Å². The molecule has 0 bridgehead atoms. The monoisotopic (exact) mass is 443 g/mol. The van der Waals surface area contributed by atoms with E-state index in [2.05, 4.69) is 5.32 Å². The van der Waals surface area contributed by atoms with Gasteiger partial charge in [-0.25, -0.2) is 9.59 Å². The number of hydrogen-bond acceptors (Lipinski definition) is 8. The van der Waals surface area contributed by atoms with Crippen molar-refractivity contribution in [1.82, 2.24) is 5.32 Å². The molecule has 0 aromatic heterocycles. The molecule has 3 rings (SSSR count). The second-order valence-electron chi connectivity index (χ2n) is 7.19. The first-order valence-electron chi connectivity index (χ1n) is 10.0. The lowest BCUT2D eigenvalue weighted by molar-refractivity contribution is -0.258. The van der Waals surface area contributed by atoms with Crippen LogP contribution in [0.15, 0.2) is 60.7 Å². The van der Waals surface area contributed by atoms with Crippen molar-refractivity contribution >= 4 is 17.8 Å². The molecule has 2 aromatic carbocycles. The molecular weight excluding hydrogens is 418 g/mol. The molecule has 1 saturated heterocycles. The molecule has 1 aliphatic rings. The highest BCUT2D eigenvalue weighted by molar-refractivity contribution is 5.90. The van der Waals surface area contributed by atoms with Crippen LogP contribution in [0.5, 0.6) is 0 Å². The van der Waals surface area contributed by atoms with Gasteiger partial charge in [0.2, 0.25) is 5.91 Å². The van der Waals surface area contributed by atoms with Crippen LogP contribution in [0.2, 0.25) is 0 Å². The Labute approximate surface area is 185 Å². The minimum Gasteiger partial charge on any atom is -0.459 e. The Morgan fingerprint density at radius 1 is 0.938 bits per heavy atom. The Balaban J connectivity index is 1.78. The summed E-state index contributed by atoms with van der Waals surface area (Å²) in [6.45, 7) is 0.994. The van der Waals surface area contributed by atoms with Gasteiger partial charge in [0, 0.05) is 14.0 Å². The van der Waals surface area contributed by atoms with Crippen LogP contribution in [0.25, 0.3) is 0 Å². The van der Waals surface area contributed by atoms with E-state index in [1.807, 2.05) is 0 Å². The van der Waals surface area contributed by atoms with E-state index in [9.17, 15) is 19.5 Å².